The smallest absolute Gasteiger partial charge is 0.340 e. The zero-order chi connectivity index (χ0) is 21.7. The first-order chi connectivity index (χ1) is 14.3. The largest absolute Gasteiger partial charge is 0.459 e. The van der Waals surface area contributed by atoms with Crippen LogP contribution in [0.15, 0.2) is 45.9 Å². The first-order valence-corrected chi connectivity index (χ1v) is 11.0. The molecule has 0 bridgehead atoms. The second-order valence-electron chi connectivity index (χ2n) is 6.54. The topological polar surface area (TPSA) is 123 Å². The monoisotopic (exact) mass is 454 g/mol. The highest BCUT2D eigenvalue weighted by Gasteiger charge is 2.27. The molecule has 160 valence electrons. The van der Waals surface area contributed by atoms with Crippen molar-refractivity contribution in [3.05, 3.63) is 52.9 Å². The Bertz CT molecular complexity index is 1040. The zero-order valence-electron chi connectivity index (χ0n) is 15.8. The summed E-state index contributed by atoms with van der Waals surface area (Å²) < 4.78 is 36.7. The maximum absolute atomic E-state index is 12.8. The van der Waals surface area contributed by atoms with Crippen LogP contribution in [-0.2, 0) is 19.6 Å². The molecule has 1 aromatic carbocycles. The minimum absolute atomic E-state index is 0.0235. The van der Waals surface area contributed by atoms with Crippen molar-refractivity contribution in [1.29, 1.82) is 0 Å². The molecule has 0 aliphatic carbocycles. The molecule has 3 rings (SSSR count). The van der Waals surface area contributed by atoms with Crippen molar-refractivity contribution in [2.75, 3.05) is 19.7 Å². The number of furan rings is 1. The van der Waals surface area contributed by atoms with Gasteiger partial charge in [0.05, 0.1) is 21.7 Å². The maximum Gasteiger partial charge on any atom is 0.340 e. The second kappa shape index (κ2) is 9.41. The Labute approximate surface area is 178 Å². The van der Waals surface area contributed by atoms with Gasteiger partial charge in [-0.3, -0.25) is 14.9 Å². The third-order valence-electron chi connectivity index (χ3n) is 4.44. The fraction of sp³-hybridized carbons (Fsp3) is 0.316. The van der Waals surface area contributed by atoms with E-state index in [2.05, 4.69) is 0 Å². The van der Waals surface area contributed by atoms with Gasteiger partial charge in [-0.05, 0) is 43.2 Å². The van der Waals surface area contributed by atoms with E-state index in [1.54, 1.807) is 0 Å². The van der Waals surface area contributed by atoms with E-state index in [4.69, 9.17) is 20.8 Å². The Morgan fingerprint density at radius 3 is 2.53 bits per heavy atom. The molecule has 9 nitrogen and oxygen atoms in total. The molecule has 0 unspecified atom stereocenters. The summed E-state index contributed by atoms with van der Waals surface area (Å²) in [6, 6.07) is 6.57. The van der Waals surface area contributed by atoms with Gasteiger partial charge in [-0.15, -0.1) is 0 Å². The fourth-order valence-corrected chi connectivity index (χ4v) is 4.66. The highest BCUT2D eigenvalue weighted by Crippen LogP contribution is 2.25. The molecular weight excluding hydrogens is 436 g/mol. The summed E-state index contributed by atoms with van der Waals surface area (Å²) in [5.41, 5.74) is -0.195. The third-order valence-corrected chi connectivity index (χ3v) is 6.67. The molecule has 1 fully saturated rings. The lowest BCUT2D eigenvalue weighted by Crippen LogP contribution is -2.35. The molecule has 2 aromatic rings. The number of nitrogens with one attached hydrogen (secondary N) is 1. The summed E-state index contributed by atoms with van der Waals surface area (Å²) in [5.74, 6) is -2.73. The van der Waals surface area contributed by atoms with E-state index >= 15 is 0 Å². The quantitative estimate of drug-likeness (QED) is 0.663. The lowest BCUT2D eigenvalue weighted by Gasteiger charge is -2.26. The summed E-state index contributed by atoms with van der Waals surface area (Å²) in [7, 11) is -3.77. The first-order valence-electron chi connectivity index (χ1n) is 9.13. The van der Waals surface area contributed by atoms with Crippen molar-refractivity contribution in [2.24, 2.45) is 0 Å². The number of nitrogens with zero attached hydrogens (tertiary/aromatic N) is 1. The number of carbonyl (C=O) groups excluding carboxylic acids is 3. The van der Waals surface area contributed by atoms with Crippen LogP contribution in [0.5, 0.6) is 0 Å². The number of halogens is 1. The van der Waals surface area contributed by atoms with Crippen LogP contribution in [0.25, 0.3) is 0 Å². The maximum atomic E-state index is 12.8. The number of ether oxygens (including phenoxy) is 1. The Kier molecular flexibility index (Phi) is 6.91. The summed E-state index contributed by atoms with van der Waals surface area (Å²) in [5, 5.41) is 1.97. The highest BCUT2D eigenvalue weighted by molar-refractivity contribution is 7.89. The van der Waals surface area contributed by atoms with Crippen LogP contribution < -0.4 is 5.32 Å². The van der Waals surface area contributed by atoms with Crippen LogP contribution in [-0.4, -0.2) is 50.2 Å². The van der Waals surface area contributed by atoms with E-state index in [1.165, 1.54) is 34.8 Å². The average molecular weight is 455 g/mol. The zero-order valence-corrected chi connectivity index (χ0v) is 17.4. The van der Waals surface area contributed by atoms with E-state index in [9.17, 15) is 22.8 Å². The normalized spacial score (nSPS) is 14.8. The van der Waals surface area contributed by atoms with Crippen molar-refractivity contribution in [2.45, 2.75) is 24.2 Å². The number of sulfonamides is 1. The molecule has 1 N–H and O–H groups in total. The van der Waals surface area contributed by atoms with Gasteiger partial charge in [-0.2, -0.15) is 4.31 Å². The molecule has 1 aliphatic heterocycles. The number of benzene rings is 1. The number of carbonyl (C=O) groups is 3. The van der Waals surface area contributed by atoms with Crippen molar-refractivity contribution >= 4 is 39.4 Å². The highest BCUT2D eigenvalue weighted by atomic mass is 35.5. The minimum atomic E-state index is -3.77. The fourth-order valence-electron chi connectivity index (χ4n) is 2.92. The second-order valence-corrected chi connectivity index (χ2v) is 8.88. The van der Waals surface area contributed by atoms with Gasteiger partial charge in [0.25, 0.3) is 11.8 Å². The Morgan fingerprint density at radius 1 is 1.13 bits per heavy atom. The standard InChI is InChI=1S/C19H19ClN2O7S/c20-15-7-6-13(30(26,27)22-8-2-1-3-9-22)11-14(15)19(25)29-12-17(23)21-18(24)16-5-4-10-28-16/h4-7,10-11H,1-3,8-9,12H2,(H,21,23,24). The summed E-state index contributed by atoms with van der Waals surface area (Å²) in [4.78, 5) is 35.8. The van der Waals surface area contributed by atoms with Gasteiger partial charge >= 0.3 is 5.97 Å². The first kappa shape index (κ1) is 22.0. The molecule has 1 saturated heterocycles. The molecule has 0 saturated carbocycles. The van der Waals surface area contributed by atoms with E-state index < -0.39 is 34.4 Å². The van der Waals surface area contributed by atoms with E-state index in [0.717, 1.165) is 25.3 Å². The van der Waals surface area contributed by atoms with Crippen LogP contribution >= 0.6 is 11.6 Å². The van der Waals surface area contributed by atoms with Crippen molar-refractivity contribution in [3.8, 4) is 0 Å². The van der Waals surface area contributed by atoms with Gasteiger partial charge in [0.15, 0.2) is 12.4 Å². The SMILES string of the molecule is O=C(COC(=O)c1cc(S(=O)(=O)N2CCCCC2)ccc1Cl)NC(=O)c1ccco1. The molecule has 2 amide bonds. The number of hydrogen-bond donors (Lipinski definition) is 1. The van der Waals surface area contributed by atoms with E-state index in [1.807, 2.05) is 5.32 Å². The lowest BCUT2D eigenvalue weighted by molar-refractivity contribution is -0.123. The molecule has 1 aromatic heterocycles. The number of rotatable bonds is 6. The molecule has 1 aliphatic rings. The lowest BCUT2D eigenvalue weighted by atomic mass is 10.2. The molecule has 0 spiro atoms. The van der Waals surface area contributed by atoms with Crippen LogP contribution in [0.2, 0.25) is 5.02 Å². The van der Waals surface area contributed by atoms with Gasteiger partial charge in [-0.1, -0.05) is 18.0 Å². The van der Waals surface area contributed by atoms with Crippen molar-refractivity contribution in [1.82, 2.24) is 9.62 Å². The number of hydrogen-bond acceptors (Lipinski definition) is 7. The van der Waals surface area contributed by atoms with Gasteiger partial charge in [0.2, 0.25) is 10.0 Å². The molecular formula is C19H19ClN2O7S. The predicted octanol–water partition coefficient (Wildman–Crippen LogP) is 2.22. The van der Waals surface area contributed by atoms with Crippen molar-refractivity contribution < 1.29 is 32.0 Å². The molecule has 0 radical (unpaired) electrons. The minimum Gasteiger partial charge on any atom is -0.459 e. The van der Waals surface area contributed by atoms with Crippen LogP contribution in [0.1, 0.15) is 40.2 Å². The van der Waals surface area contributed by atoms with Crippen LogP contribution in [0.3, 0.4) is 0 Å². The van der Waals surface area contributed by atoms with E-state index in [0.29, 0.717) is 13.1 Å². The molecule has 2 heterocycles. The number of piperidine rings is 1. The number of esters is 1. The summed E-state index contributed by atoms with van der Waals surface area (Å²) in [6.45, 7) is 0.0634. The van der Waals surface area contributed by atoms with Gasteiger partial charge in [0.1, 0.15) is 0 Å². The predicted molar refractivity (Wildman–Crippen MR) is 106 cm³/mol. The summed E-state index contributed by atoms with van der Waals surface area (Å²) >= 11 is 6.02. The molecule has 30 heavy (non-hydrogen) atoms. The Morgan fingerprint density at radius 2 is 1.87 bits per heavy atom. The summed E-state index contributed by atoms with van der Waals surface area (Å²) in [6.07, 6.45) is 3.78. The molecule has 11 heteroatoms. The number of imide groups is 1. The average Bonchev–Trinajstić information content (AvgIpc) is 3.28. The van der Waals surface area contributed by atoms with Gasteiger partial charge in [0, 0.05) is 13.1 Å². The Hall–Kier alpha value is -2.69. The van der Waals surface area contributed by atoms with Gasteiger partial charge in [-0.25, -0.2) is 13.2 Å². The Balaban J connectivity index is 1.66. The van der Waals surface area contributed by atoms with E-state index in [-0.39, 0.29) is 21.2 Å². The van der Waals surface area contributed by atoms with Crippen LogP contribution in [0, 0.1) is 0 Å². The van der Waals surface area contributed by atoms with Gasteiger partial charge < -0.3 is 9.15 Å². The van der Waals surface area contributed by atoms with Crippen molar-refractivity contribution in [3.63, 3.8) is 0 Å². The molecule has 0 atom stereocenters. The number of amides is 2. The third kappa shape index (κ3) is 5.07. The van der Waals surface area contributed by atoms with Crippen LogP contribution in [0.4, 0.5) is 0 Å².